The number of anilines is 2. The molecule has 0 amide bonds. The van der Waals surface area contributed by atoms with Gasteiger partial charge in [0.2, 0.25) is 0 Å². The zero-order valence-corrected chi connectivity index (χ0v) is 21.3. The molecule has 3 aliphatic rings. The number of piperidine rings is 1. The summed E-state index contributed by atoms with van der Waals surface area (Å²) in [7, 11) is -0.998. The van der Waals surface area contributed by atoms with Crippen molar-refractivity contribution < 1.29 is 5.11 Å². The van der Waals surface area contributed by atoms with Gasteiger partial charge >= 0.3 is 0 Å². The largest absolute Gasteiger partial charge is 0.395 e. The SMILES string of the molecule is CC(c1ccc(Cl)cc1Cl)N1N=S(C#N)c2ncc(N3CC(C4CCCN(CCO)C4)C3)nc21. The van der Waals surface area contributed by atoms with E-state index in [9.17, 15) is 10.4 Å². The molecular formula is C23H27Cl2N7OS. The maximum Gasteiger partial charge on any atom is 0.187 e. The highest BCUT2D eigenvalue weighted by Gasteiger charge is 2.38. The first-order valence-electron chi connectivity index (χ1n) is 11.5. The Balaban J connectivity index is 1.33. The van der Waals surface area contributed by atoms with Crippen molar-refractivity contribution in [1.82, 2.24) is 14.9 Å². The molecular weight excluding hydrogens is 493 g/mol. The molecule has 1 aromatic heterocycles. The summed E-state index contributed by atoms with van der Waals surface area (Å²) in [6, 6.07) is 5.18. The van der Waals surface area contributed by atoms with Gasteiger partial charge in [-0.05, 0) is 55.8 Å². The van der Waals surface area contributed by atoms with Crippen LogP contribution in [0.3, 0.4) is 0 Å². The van der Waals surface area contributed by atoms with Crippen LogP contribution >= 0.6 is 23.2 Å². The Kier molecular flexibility index (Phi) is 6.96. The Morgan fingerprint density at radius 3 is 2.82 bits per heavy atom. The molecule has 5 rings (SSSR count). The van der Waals surface area contributed by atoms with Gasteiger partial charge in [0.15, 0.2) is 16.2 Å². The lowest BCUT2D eigenvalue weighted by molar-refractivity contribution is 0.101. The number of hydrogen-bond donors (Lipinski definition) is 1. The van der Waals surface area contributed by atoms with Crippen LogP contribution in [-0.2, 0) is 10.7 Å². The maximum atomic E-state index is 9.65. The number of β-amino-alcohol motifs (C(OH)–C–C–N with tert-alkyl or cyclic N) is 1. The number of fused-ring (bicyclic) bond motifs is 1. The van der Waals surface area contributed by atoms with E-state index in [2.05, 4.69) is 24.7 Å². The van der Waals surface area contributed by atoms with Gasteiger partial charge in [-0.2, -0.15) is 5.26 Å². The van der Waals surface area contributed by atoms with E-state index in [-0.39, 0.29) is 12.6 Å². The minimum absolute atomic E-state index is 0.220. The van der Waals surface area contributed by atoms with Crippen LogP contribution in [0.5, 0.6) is 0 Å². The third-order valence-electron chi connectivity index (χ3n) is 7.00. The molecule has 1 N–H and O–H groups in total. The number of aromatic nitrogens is 2. The smallest absolute Gasteiger partial charge is 0.187 e. The zero-order valence-electron chi connectivity index (χ0n) is 18.9. The second-order valence-electron chi connectivity index (χ2n) is 9.09. The van der Waals surface area contributed by atoms with E-state index >= 15 is 0 Å². The molecule has 0 saturated carbocycles. The lowest BCUT2D eigenvalue weighted by Crippen LogP contribution is -2.54. The van der Waals surface area contributed by atoms with Gasteiger partial charge in [-0.3, -0.25) is 0 Å². The lowest BCUT2D eigenvalue weighted by atomic mass is 9.80. The standard InChI is InChI=1S/C23H27Cl2N7OS/c1-15(19-5-4-18(24)9-20(19)25)32-22-23(34(14-26)29-32)27-10-21(28-22)31-12-17(13-31)16-3-2-6-30(11-16)7-8-33/h4-5,9-10,15-17,33H,2-3,6-8,11-13H2,1H3. The van der Waals surface area contributed by atoms with E-state index in [0.29, 0.717) is 32.7 Å². The summed E-state index contributed by atoms with van der Waals surface area (Å²) >= 11 is 12.5. The number of nitriles is 1. The van der Waals surface area contributed by atoms with Crippen LogP contribution in [0.25, 0.3) is 0 Å². The number of aliphatic hydroxyl groups is 1. The normalized spacial score (nSPS) is 23.7. The molecule has 34 heavy (non-hydrogen) atoms. The molecule has 2 aromatic rings. The molecule has 4 heterocycles. The summed E-state index contributed by atoms with van der Waals surface area (Å²) in [5.74, 6) is 2.71. The van der Waals surface area contributed by atoms with Gasteiger partial charge in [0.05, 0.1) is 29.5 Å². The number of rotatable bonds is 6. The molecule has 1 aromatic carbocycles. The van der Waals surface area contributed by atoms with Gasteiger partial charge in [-0.1, -0.05) is 29.3 Å². The molecule has 11 heteroatoms. The predicted octanol–water partition coefficient (Wildman–Crippen LogP) is 4.06. The van der Waals surface area contributed by atoms with Gasteiger partial charge in [0.25, 0.3) is 0 Å². The summed E-state index contributed by atoms with van der Waals surface area (Å²) in [4.78, 5) is 14.1. The zero-order chi connectivity index (χ0) is 23.8. The van der Waals surface area contributed by atoms with Crippen LogP contribution in [0.15, 0.2) is 33.9 Å². The fourth-order valence-electron chi connectivity index (χ4n) is 5.07. The number of benzene rings is 1. The van der Waals surface area contributed by atoms with Crippen molar-refractivity contribution in [2.75, 3.05) is 49.2 Å². The Hall–Kier alpha value is -1.96. The highest BCUT2D eigenvalue weighted by molar-refractivity contribution is 7.92. The quantitative estimate of drug-likeness (QED) is 0.575. The van der Waals surface area contributed by atoms with E-state index in [1.165, 1.54) is 12.8 Å². The molecule has 3 unspecified atom stereocenters. The van der Waals surface area contributed by atoms with Crippen LogP contribution in [-0.4, -0.2) is 59.3 Å². The van der Waals surface area contributed by atoms with Crippen molar-refractivity contribution in [3.63, 3.8) is 0 Å². The molecule has 3 aliphatic heterocycles. The first kappa shape index (κ1) is 23.8. The third-order valence-corrected chi connectivity index (χ3v) is 8.73. The van der Waals surface area contributed by atoms with E-state index in [0.717, 1.165) is 44.1 Å². The number of thiocyanates is 1. The second-order valence-corrected chi connectivity index (χ2v) is 11.2. The minimum atomic E-state index is -0.998. The van der Waals surface area contributed by atoms with Crippen molar-refractivity contribution in [2.24, 2.45) is 16.3 Å². The Morgan fingerprint density at radius 2 is 2.09 bits per heavy atom. The molecule has 0 aliphatic carbocycles. The number of nitrogens with zero attached hydrogens (tertiary/aromatic N) is 7. The average Bonchev–Trinajstić information content (AvgIpc) is 3.16. The highest BCUT2D eigenvalue weighted by atomic mass is 35.5. The van der Waals surface area contributed by atoms with E-state index in [1.54, 1.807) is 23.3 Å². The molecule has 0 radical (unpaired) electrons. The Morgan fingerprint density at radius 1 is 1.26 bits per heavy atom. The Labute approximate surface area is 212 Å². The number of likely N-dealkylation sites (tertiary alicyclic amines) is 1. The van der Waals surface area contributed by atoms with Crippen molar-refractivity contribution in [2.45, 2.75) is 30.8 Å². The van der Waals surface area contributed by atoms with Crippen LogP contribution in [0.1, 0.15) is 31.4 Å². The van der Waals surface area contributed by atoms with Gasteiger partial charge in [-0.25, -0.2) is 15.0 Å². The van der Waals surface area contributed by atoms with Crippen LogP contribution < -0.4 is 9.91 Å². The van der Waals surface area contributed by atoms with Gasteiger partial charge < -0.3 is 14.9 Å². The monoisotopic (exact) mass is 519 g/mol. The Bertz CT molecular complexity index is 1150. The van der Waals surface area contributed by atoms with E-state index in [1.807, 2.05) is 13.0 Å². The fraction of sp³-hybridized carbons (Fsp3) is 0.522. The summed E-state index contributed by atoms with van der Waals surface area (Å²) in [6.45, 7) is 7.02. The van der Waals surface area contributed by atoms with Gasteiger partial charge in [0, 0.05) is 36.2 Å². The van der Waals surface area contributed by atoms with Crippen LogP contribution in [0.4, 0.5) is 11.6 Å². The van der Waals surface area contributed by atoms with Crippen LogP contribution in [0.2, 0.25) is 10.0 Å². The topological polar surface area (TPSA) is 91.9 Å². The molecule has 180 valence electrons. The van der Waals surface area contributed by atoms with E-state index < -0.39 is 10.7 Å². The minimum Gasteiger partial charge on any atom is -0.395 e. The molecule has 0 spiro atoms. The summed E-state index contributed by atoms with van der Waals surface area (Å²) in [5, 5.41) is 24.7. The lowest BCUT2D eigenvalue weighted by Gasteiger charge is -2.47. The van der Waals surface area contributed by atoms with Crippen molar-refractivity contribution >= 4 is 45.5 Å². The molecule has 3 atom stereocenters. The van der Waals surface area contributed by atoms with Crippen LogP contribution in [0, 0.1) is 22.5 Å². The summed E-state index contributed by atoms with van der Waals surface area (Å²) in [5.41, 5.74) is 0.866. The summed E-state index contributed by atoms with van der Waals surface area (Å²) < 4.78 is 4.61. The average molecular weight is 520 g/mol. The van der Waals surface area contributed by atoms with E-state index in [4.69, 9.17) is 28.2 Å². The molecule has 2 fully saturated rings. The molecule has 2 saturated heterocycles. The molecule has 8 nitrogen and oxygen atoms in total. The second kappa shape index (κ2) is 9.96. The van der Waals surface area contributed by atoms with Crippen molar-refractivity contribution in [3.05, 3.63) is 40.0 Å². The first-order valence-corrected chi connectivity index (χ1v) is 13.5. The van der Waals surface area contributed by atoms with Gasteiger partial charge in [-0.15, -0.1) is 4.47 Å². The van der Waals surface area contributed by atoms with Gasteiger partial charge in [0.1, 0.15) is 5.82 Å². The van der Waals surface area contributed by atoms with Crippen molar-refractivity contribution in [1.29, 1.82) is 5.26 Å². The third kappa shape index (κ3) is 4.50. The maximum absolute atomic E-state index is 9.65. The highest BCUT2D eigenvalue weighted by Crippen LogP contribution is 2.40. The fourth-order valence-corrected chi connectivity index (χ4v) is 6.69. The molecule has 0 bridgehead atoms. The first-order chi connectivity index (χ1) is 16.5. The number of halogens is 2. The van der Waals surface area contributed by atoms with Crippen molar-refractivity contribution in [3.8, 4) is 5.40 Å². The number of hydrogen-bond acceptors (Lipinski definition) is 8. The number of aliphatic hydroxyl groups excluding tert-OH is 1. The summed E-state index contributed by atoms with van der Waals surface area (Å²) in [6.07, 6.45) is 4.20. The predicted molar refractivity (Wildman–Crippen MR) is 135 cm³/mol.